The van der Waals surface area contributed by atoms with Gasteiger partial charge in [-0.05, 0) is 90.8 Å². The second-order valence-electron chi connectivity index (χ2n) is 15.3. The van der Waals surface area contributed by atoms with Crippen molar-refractivity contribution in [3.63, 3.8) is 0 Å². The van der Waals surface area contributed by atoms with E-state index >= 15 is 0 Å². The number of para-hydroxylation sites is 1. The Morgan fingerprint density at radius 3 is 2.41 bits per heavy atom. The molecule has 4 bridgehead atoms. The van der Waals surface area contributed by atoms with Crippen molar-refractivity contribution in [2.45, 2.75) is 37.1 Å². The number of carboxylic acid groups (broad SMARTS) is 1. The Labute approximate surface area is 402 Å². The molecule has 2 aliphatic heterocycles. The van der Waals surface area contributed by atoms with Crippen LogP contribution in [0, 0.1) is 12.7 Å². The fraction of sp³-hybridized carbons (Fsp3) is 0.163. The molecule has 0 amide bonds. The van der Waals surface area contributed by atoms with Gasteiger partial charge in [0.25, 0.3) is 10.1 Å². The summed E-state index contributed by atoms with van der Waals surface area (Å²) in [6.45, 7) is 0.947. The number of aliphatic carboxylic acids is 1. The van der Waals surface area contributed by atoms with E-state index in [1.54, 1.807) is 80.0 Å². The third kappa shape index (κ3) is 10.0. The first kappa shape index (κ1) is 46.2. The number of thiophene rings is 1. The molecule has 2 aliphatic rings. The summed E-state index contributed by atoms with van der Waals surface area (Å²) in [5.74, 6) is -0.336. The quantitative estimate of drug-likeness (QED) is 0.121. The zero-order chi connectivity index (χ0) is 47.5. The Kier molecular flexibility index (Phi) is 13.4. The SMILES string of the molecule is COc1ccccc1-c1nccc(COc2ccc3cc2C[C@H](C(=O)O)Oc2ncnc4sc(-c5ccc(F)cc5)c(c24)-c2cc(Cl)c(c(Cl)c2)O[C@H](COS(=O)(=O)c2ccc(C)cc2)CO3)n1. The molecule has 5 aromatic carbocycles. The molecular weight excluding hydrogens is 959 g/mol. The number of rotatable bonds is 11. The van der Waals surface area contributed by atoms with Gasteiger partial charge < -0.3 is 28.8 Å². The zero-order valence-corrected chi connectivity index (χ0v) is 39.0. The van der Waals surface area contributed by atoms with Crippen molar-refractivity contribution in [3.05, 3.63) is 154 Å². The molecule has 14 nitrogen and oxygen atoms in total. The molecule has 2 atom stereocenters. The van der Waals surface area contributed by atoms with Gasteiger partial charge in [0.1, 0.15) is 54.0 Å². The summed E-state index contributed by atoms with van der Waals surface area (Å²) in [4.78, 5) is 32.3. The minimum Gasteiger partial charge on any atom is -0.496 e. The van der Waals surface area contributed by atoms with E-state index in [0.717, 1.165) is 5.56 Å². The van der Waals surface area contributed by atoms with E-state index in [-0.39, 0.29) is 57.7 Å². The molecule has 1 N–H and O–H groups in total. The topological polar surface area (TPSA) is 178 Å². The van der Waals surface area contributed by atoms with E-state index < -0.39 is 40.7 Å². The average molecular weight is 996 g/mol. The number of hydrogen-bond donors (Lipinski definition) is 1. The largest absolute Gasteiger partial charge is 0.496 e. The Bertz CT molecular complexity index is 3270. The maximum absolute atomic E-state index is 14.3. The van der Waals surface area contributed by atoms with Crippen LogP contribution in [0.3, 0.4) is 0 Å². The highest BCUT2D eigenvalue weighted by atomic mass is 35.5. The number of methoxy groups -OCH3 is 1. The van der Waals surface area contributed by atoms with E-state index in [1.165, 1.54) is 41.9 Å². The fourth-order valence-electron chi connectivity index (χ4n) is 7.35. The normalized spacial score (nSPS) is 14.9. The van der Waals surface area contributed by atoms with Crippen molar-refractivity contribution in [2.75, 3.05) is 20.3 Å². The molecule has 346 valence electrons. The molecule has 0 radical (unpaired) electrons. The highest BCUT2D eigenvalue weighted by molar-refractivity contribution is 7.86. The summed E-state index contributed by atoms with van der Waals surface area (Å²) in [5.41, 5.74) is 3.90. The van der Waals surface area contributed by atoms with Gasteiger partial charge in [0.15, 0.2) is 17.7 Å². The predicted molar refractivity (Wildman–Crippen MR) is 253 cm³/mol. The monoisotopic (exact) mass is 994 g/mol. The number of aryl methyl sites for hydroxylation is 1. The number of carbonyl (C=O) groups is 1. The summed E-state index contributed by atoms with van der Waals surface area (Å²) in [6.07, 6.45) is -0.117. The minimum absolute atomic E-state index is 0.00381. The van der Waals surface area contributed by atoms with E-state index in [9.17, 15) is 22.7 Å². The van der Waals surface area contributed by atoms with Gasteiger partial charge in [0.05, 0.1) is 38.7 Å². The smallest absolute Gasteiger partial charge is 0.345 e. The number of benzene rings is 5. The van der Waals surface area contributed by atoms with Crippen LogP contribution in [0.15, 0.2) is 127 Å². The molecule has 0 spiro atoms. The lowest BCUT2D eigenvalue weighted by Crippen LogP contribution is -2.31. The second-order valence-corrected chi connectivity index (χ2v) is 18.8. The van der Waals surface area contributed by atoms with Gasteiger partial charge >= 0.3 is 5.97 Å². The van der Waals surface area contributed by atoms with Crippen LogP contribution >= 0.6 is 34.5 Å². The molecule has 8 aromatic rings. The van der Waals surface area contributed by atoms with E-state index in [4.69, 9.17) is 56.1 Å². The lowest BCUT2D eigenvalue weighted by Gasteiger charge is -2.22. The summed E-state index contributed by atoms with van der Waals surface area (Å²) in [5, 5.41) is 11.2. The third-order valence-corrected chi connectivity index (χ3v) is 13.7. The fourth-order valence-corrected chi connectivity index (χ4v) is 10.0. The van der Waals surface area contributed by atoms with Gasteiger partial charge in [-0.3, -0.25) is 4.18 Å². The molecule has 0 aliphatic carbocycles. The van der Waals surface area contributed by atoms with Crippen LogP contribution in [0.2, 0.25) is 10.0 Å². The maximum Gasteiger partial charge on any atom is 0.345 e. The predicted octanol–water partition coefficient (Wildman–Crippen LogP) is 10.4. The van der Waals surface area contributed by atoms with Crippen LogP contribution in [-0.4, -0.2) is 72.0 Å². The van der Waals surface area contributed by atoms with Crippen molar-refractivity contribution in [2.24, 2.45) is 0 Å². The number of hydrogen-bond acceptors (Lipinski definition) is 14. The van der Waals surface area contributed by atoms with Crippen LogP contribution in [-0.2, 0) is 32.1 Å². The maximum atomic E-state index is 14.3. The van der Waals surface area contributed by atoms with Gasteiger partial charge in [0, 0.05) is 28.6 Å². The molecule has 0 saturated carbocycles. The van der Waals surface area contributed by atoms with Gasteiger partial charge in [-0.2, -0.15) is 8.42 Å². The van der Waals surface area contributed by atoms with Gasteiger partial charge in [-0.15, -0.1) is 11.3 Å². The molecule has 68 heavy (non-hydrogen) atoms. The highest BCUT2D eigenvalue weighted by Crippen LogP contribution is 2.49. The molecule has 10 rings (SSSR count). The molecular formula is C49H37Cl2FN4O10S2. The second kappa shape index (κ2) is 19.8. The number of carboxylic acids is 1. The Balaban J connectivity index is 1.14. The number of aromatic nitrogens is 4. The minimum atomic E-state index is -4.28. The van der Waals surface area contributed by atoms with Crippen LogP contribution in [0.5, 0.6) is 28.9 Å². The van der Waals surface area contributed by atoms with Gasteiger partial charge in [-0.25, -0.2) is 29.1 Å². The highest BCUT2D eigenvalue weighted by Gasteiger charge is 2.30. The van der Waals surface area contributed by atoms with E-state index in [1.807, 2.05) is 25.1 Å². The van der Waals surface area contributed by atoms with Crippen molar-refractivity contribution in [1.29, 1.82) is 0 Å². The molecule has 3 aromatic heterocycles. The lowest BCUT2D eigenvalue weighted by molar-refractivity contribution is -0.145. The first-order valence-electron chi connectivity index (χ1n) is 20.7. The Morgan fingerprint density at radius 1 is 0.897 bits per heavy atom. The number of halogens is 3. The summed E-state index contributed by atoms with van der Waals surface area (Å²) < 4.78 is 77.4. The molecule has 0 fully saturated rings. The van der Waals surface area contributed by atoms with Gasteiger partial charge in [0.2, 0.25) is 12.0 Å². The van der Waals surface area contributed by atoms with Crippen LogP contribution in [0.4, 0.5) is 4.39 Å². The Hall–Kier alpha value is -6.89. The standard InChI is InChI=1S/C49H37Cl2FN4O10S2/c1-27-7-14-35(15-8-27)68(59,60)64-25-34-24-62-33-13-16-39(63-23-32-17-18-53-46(56-32)36-5-3-4-6-40(36)61-2)29(19-33)22-41(49(57)58)66-47-43-42(30-20-37(50)44(65-34)38(51)21-30)45(67-48(43)55-26-54-47)28-9-11-31(52)12-10-28/h3-21,26,34,41H,22-25H2,1-2H3,(H,57,58)/t34-,41+/m0/s1. The summed E-state index contributed by atoms with van der Waals surface area (Å²) in [6, 6.07) is 28.9. The van der Waals surface area contributed by atoms with Crippen molar-refractivity contribution >= 4 is 60.8 Å². The number of nitrogens with zero attached hydrogens (tertiary/aromatic N) is 4. The Morgan fingerprint density at radius 2 is 1.66 bits per heavy atom. The van der Waals surface area contributed by atoms with Crippen LogP contribution < -0.4 is 23.7 Å². The summed E-state index contributed by atoms with van der Waals surface area (Å²) >= 11 is 15.2. The average Bonchev–Trinajstić information content (AvgIpc) is 3.73. The molecule has 5 heterocycles. The zero-order valence-electron chi connectivity index (χ0n) is 35.9. The first-order chi connectivity index (χ1) is 32.8. The summed E-state index contributed by atoms with van der Waals surface area (Å²) in [7, 11) is -2.72. The lowest BCUT2D eigenvalue weighted by atomic mass is 9.99. The molecule has 0 unspecified atom stereocenters. The van der Waals surface area contributed by atoms with Crippen molar-refractivity contribution in [1.82, 2.24) is 19.9 Å². The molecule has 0 saturated heterocycles. The molecule has 19 heteroatoms. The van der Waals surface area contributed by atoms with E-state index in [0.29, 0.717) is 60.2 Å². The number of ether oxygens (including phenoxy) is 5. The van der Waals surface area contributed by atoms with Crippen LogP contribution in [0.25, 0.3) is 43.2 Å². The van der Waals surface area contributed by atoms with E-state index in [2.05, 4.69) is 15.0 Å². The van der Waals surface area contributed by atoms with Crippen molar-refractivity contribution in [3.8, 4) is 61.8 Å². The van der Waals surface area contributed by atoms with Gasteiger partial charge in [-0.1, -0.05) is 65.2 Å². The first-order valence-corrected chi connectivity index (χ1v) is 23.7. The number of fused-ring (bicyclic) bond motifs is 7. The third-order valence-electron chi connectivity index (χ3n) is 10.7. The van der Waals surface area contributed by atoms with Crippen molar-refractivity contribution < 1.29 is 50.6 Å². The van der Waals surface area contributed by atoms with Crippen LogP contribution in [0.1, 0.15) is 16.8 Å².